The summed E-state index contributed by atoms with van der Waals surface area (Å²) in [7, 11) is 1.66. The number of hydrogen-bond acceptors (Lipinski definition) is 3. The number of carbonyl (C=O) groups excluding carboxylic acids is 1. The Bertz CT molecular complexity index is 568. The third-order valence-corrected chi connectivity index (χ3v) is 3.41. The third-order valence-electron chi connectivity index (χ3n) is 2.69. The molecule has 0 N–H and O–H groups in total. The molecule has 1 heterocycles. The van der Waals surface area contributed by atoms with Crippen LogP contribution in [0.1, 0.15) is 21.6 Å². The standard InChI is InChI=1S/C13H13FN2OS/c1-9-11(8-18-15-9)13(17)16(2)7-10-5-3-4-6-12(10)14/h3-6,8H,7H2,1-2H3. The van der Waals surface area contributed by atoms with Gasteiger partial charge >= 0.3 is 0 Å². The smallest absolute Gasteiger partial charge is 0.256 e. The van der Waals surface area contributed by atoms with Crippen molar-refractivity contribution in [3.8, 4) is 0 Å². The quantitative estimate of drug-likeness (QED) is 0.854. The van der Waals surface area contributed by atoms with Crippen LogP contribution in [-0.4, -0.2) is 22.2 Å². The van der Waals surface area contributed by atoms with Gasteiger partial charge in [0, 0.05) is 24.5 Å². The van der Waals surface area contributed by atoms with Crippen LogP contribution in [0.3, 0.4) is 0 Å². The Morgan fingerprint density at radius 3 is 2.78 bits per heavy atom. The molecule has 0 atom stereocenters. The summed E-state index contributed by atoms with van der Waals surface area (Å²) in [4.78, 5) is 13.6. The predicted molar refractivity (Wildman–Crippen MR) is 69.0 cm³/mol. The van der Waals surface area contributed by atoms with Crippen molar-refractivity contribution in [2.45, 2.75) is 13.5 Å². The highest BCUT2D eigenvalue weighted by molar-refractivity contribution is 7.03. The Labute approximate surface area is 109 Å². The fourth-order valence-corrected chi connectivity index (χ4v) is 2.34. The molecule has 0 spiro atoms. The number of carbonyl (C=O) groups is 1. The molecule has 0 unspecified atom stereocenters. The summed E-state index contributed by atoms with van der Waals surface area (Å²) in [6, 6.07) is 6.46. The van der Waals surface area contributed by atoms with Crippen molar-refractivity contribution < 1.29 is 9.18 Å². The molecule has 0 bridgehead atoms. The minimum atomic E-state index is -0.294. The van der Waals surface area contributed by atoms with E-state index in [0.717, 1.165) is 0 Å². The first-order chi connectivity index (χ1) is 8.59. The summed E-state index contributed by atoms with van der Waals surface area (Å²) in [6.45, 7) is 2.04. The van der Waals surface area contributed by atoms with Gasteiger partial charge in [0.15, 0.2) is 0 Å². The lowest BCUT2D eigenvalue weighted by Gasteiger charge is -2.17. The number of benzene rings is 1. The van der Waals surface area contributed by atoms with Crippen molar-refractivity contribution >= 4 is 17.4 Å². The molecule has 0 fully saturated rings. The van der Waals surface area contributed by atoms with E-state index in [1.807, 2.05) is 0 Å². The van der Waals surface area contributed by atoms with E-state index < -0.39 is 0 Å². The van der Waals surface area contributed by atoms with E-state index in [1.54, 1.807) is 37.6 Å². The van der Waals surface area contributed by atoms with Crippen molar-refractivity contribution in [3.63, 3.8) is 0 Å². The SMILES string of the molecule is Cc1nscc1C(=O)N(C)Cc1ccccc1F. The van der Waals surface area contributed by atoms with E-state index >= 15 is 0 Å². The van der Waals surface area contributed by atoms with Crippen molar-refractivity contribution in [2.24, 2.45) is 0 Å². The molecule has 0 radical (unpaired) electrons. The van der Waals surface area contributed by atoms with Gasteiger partial charge in [-0.2, -0.15) is 4.37 Å². The number of rotatable bonds is 3. The topological polar surface area (TPSA) is 33.2 Å². The average Bonchev–Trinajstić information content (AvgIpc) is 2.77. The number of nitrogens with zero attached hydrogens (tertiary/aromatic N) is 2. The molecule has 5 heteroatoms. The van der Waals surface area contributed by atoms with Crippen LogP contribution in [0.25, 0.3) is 0 Å². The number of hydrogen-bond donors (Lipinski definition) is 0. The Morgan fingerprint density at radius 1 is 1.44 bits per heavy atom. The van der Waals surface area contributed by atoms with Crippen LogP contribution >= 0.6 is 11.5 Å². The molecule has 2 rings (SSSR count). The third kappa shape index (κ3) is 2.56. The minimum absolute atomic E-state index is 0.135. The van der Waals surface area contributed by atoms with Gasteiger partial charge in [-0.05, 0) is 24.5 Å². The number of amides is 1. The Morgan fingerprint density at radius 2 is 2.17 bits per heavy atom. The maximum Gasteiger partial charge on any atom is 0.256 e. The van der Waals surface area contributed by atoms with Crippen molar-refractivity contribution in [3.05, 3.63) is 52.3 Å². The second-order valence-corrected chi connectivity index (χ2v) is 4.70. The molecule has 94 valence electrons. The predicted octanol–water partition coefficient (Wildman–Crippen LogP) is 2.86. The lowest BCUT2D eigenvalue weighted by atomic mass is 10.2. The maximum atomic E-state index is 13.5. The molecule has 0 aliphatic heterocycles. The molecule has 1 amide bonds. The molecule has 1 aromatic carbocycles. The van der Waals surface area contributed by atoms with Crippen LogP contribution in [0.4, 0.5) is 4.39 Å². The first-order valence-corrected chi connectivity index (χ1v) is 6.33. The average molecular weight is 264 g/mol. The molecule has 0 aliphatic rings. The first-order valence-electron chi connectivity index (χ1n) is 5.49. The van der Waals surface area contributed by atoms with Gasteiger partial charge in [0.2, 0.25) is 0 Å². The lowest BCUT2D eigenvalue weighted by molar-refractivity contribution is 0.0783. The van der Waals surface area contributed by atoms with E-state index in [2.05, 4.69) is 4.37 Å². The number of aromatic nitrogens is 1. The fourth-order valence-electron chi connectivity index (χ4n) is 1.66. The van der Waals surface area contributed by atoms with Gasteiger partial charge in [-0.1, -0.05) is 18.2 Å². The van der Waals surface area contributed by atoms with Gasteiger partial charge in [-0.15, -0.1) is 0 Å². The molecule has 18 heavy (non-hydrogen) atoms. The normalized spacial score (nSPS) is 10.4. The lowest BCUT2D eigenvalue weighted by Crippen LogP contribution is -2.26. The Balaban J connectivity index is 2.14. The second-order valence-electron chi connectivity index (χ2n) is 4.07. The van der Waals surface area contributed by atoms with E-state index in [-0.39, 0.29) is 18.3 Å². The zero-order chi connectivity index (χ0) is 13.1. The van der Waals surface area contributed by atoms with Gasteiger partial charge in [0.25, 0.3) is 5.91 Å². The summed E-state index contributed by atoms with van der Waals surface area (Å²) in [5.41, 5.74) is 1.80. The molecular formula is C13H13FN2OS. The summed E-state index contributed by atoms with van der Waals surface area (Å²) in [6.07, 6.45) is 0. The Hall–Kier alpha value is -1.75. The summed E-state index contributed by atoms with van der Waals surface area (Å²) >= 11 is 1.25. The van der Waals surface area contributed by atoms with Gasteiger partial charge < -0.3 is 4.90 Å². The monoisotopic (exact) mass is 264 g/mol. The van der Waals surface area contributed by atoms with Crippen molar-refractivity contribution in [2.75, 3.05) is 7.05 Å². The van der Waals surface area contributed by atoms with Gasteiger partial charge in [-0.3, -0.25) is 4.79 Å². The first kappa shape index (κ1) is 12.7. The van der Waals surface area contributed by atoms with Crippen LogP contribution in [-0.2, 0) is 6.54 Å². The highest BCUT2D eigenvalue weighted by Crippen LogP contribution is 2.14. The van der Waals surface area contributed by atoms with Crippen LogP contribution < -0.4 is 0 Å². The molecule has 0 saturated carbocycles. The largest absolute Gasteiger partial charge is 0.337 e. The van der Waals surface area contributed by atoms with Crippen LogP contribution in [0.15, 0.2) is 29.6 Å². The van der Waals surface area contributed by atoms with E-state index in [9.17, 15) is 9.18 Å². The van der Waals surface area contributed by atoms with E-state index in [1.165, 1.54) is 22.5 Å². The molecule has 1 aromatic heterocycles. The van der Waals surface area contributed by atoms with Crippen LogP contribution in [0.2, 0.25) is 0 Å². The van der Waals surface area contributed by atoms with Crippen molar-refractivity contribution in [1.29, 1.82) is 0 Å². The Kier molecular flexibility index (Phi) is 3.72. The van der Waals surface area contributed by atoms with Crippen LogP contribution in [0, 0.1) is 12.7 Å². The van der Waals surface area contributed by atoms with Crippen LogP contribution in [0.5, 0.6) is 0 Å². The molecule has 2 aromatic rings. The van der Waals surface area contributed by atoms with Gasteiger partial charge in [-0.25, -0.2) is 4.39 Å². The summed E-state index contributed by atoms with van der Waals surface area (Å²) < 4.78 is 17.6. The number of halogens is 1. The molecular weight excluding hydrogens is 251 g/mol. The molecule has 3 nitrogen and oxygen atoms in total. The number of aryl methyl sites for hydroxylation is 1. The van der Waals surface area contributed by atoms with E-state index in [0.29, 0.717) is 16.8 Å². The second kappa shape index (κ2) is 5.27. The highest BCUT2D eigenvalue weighted by Gasteiger charge is 2.16. The van der Waals surface area contributed by atoms with Crippen molar-refractivity contribution in [1.82, 2.24) is 9.27 Å². The molecule has 0 aliphatic carbocycles. The summed E-state index contributed by atoms with van der Waals surface area (Å²) in [5.74, 6) is -0.429. The summed E-state index contributed by atoms with van der Waals surface area (Å²) in [5, 5.41) is 1.72. The molecule has 0 saturated heterocycles. The van der Waals surface area contributed by atoms with Gasteiger partial charge in [0.05, 0.1) is 11.3 Å². The zero-order valence-corrected chi connectivity index (χ0v) is 11.0. The fraction of sp³-hybridized carbons (Fsp3) is 0.231. The zero-order valence-electron chi connectivity index (χ0n) is 10.2. The maximum absolute atomic E-state index is 13.5. The minimum Gasteiger partial charge on any atom is -0.337 e. The van der Waals surface area contributed by atoms with E-state index in [4.69, 9.17) is 0 Å². The van der Waals surface area contributed by atoms with Gasteiger partial charge in [0.1, 0.15) is 5.82 Å². The highest BCUT2D eigenvalue weighted by atomic mass is 32.1.